The number of nitrogen functional groups attached to an aromatic ring is 1. The Morgan fingerprint density at radius 1 is 1.53 bits per heavy atom. The Kier molecular flexibility index (Phi) is 5.67. The van der Waals surface area contributed by atoms with Crippen LogP contribution in [0.1, 0.15) is 19.4 Å². The fraction of sp³-hybridized carbons (Fsp3) is 0.267. The number of rotatable bonds is 6. The number of hydrogen-bond donors (Lipinski definition) is 2. The van der Waals surface area contributed by atoms with Gasteiger partial charge in [0.2, 0.25) is 5.91 Å². The number of nitrogens with two attached hydrogens (primary N) is 1. The first-order valence-electron chi connectivity index (χ1n) is 6.16. The third-order valence-electron chi connectivity index (χ3n) is 2.24. The molecule has 1 aromatic carbocycles. The van der Waals surface area contributed by atoms with Crippen molar-refractivity contribution in [3.8, 4) is 5.75 Å². The second kappa shape index (κ2) is 7.26. The predicted octanol–water partition coefficient (Wildman–Crippen LogP) is 2.37. The summed E-state index contributed by atoms with van der Waals surface area (Å²) in [6.07, 6.45) is 4.87. The van der Waals surface area contributed by atoms with E-state index in [9.17, 15) is 4.79 Å². The van der Waals surface area contributed by atoms with E-state index in [-0.39, 0.29) is 12.0 Å². The van der Waals surface area contributed by atoms with Gasteiger partial charge < -0.3 is 15.8 Å². The number of ether oxygens (including phenoxy) is 1. The Balaban J connectivity index is 2.70. The molecule has 102 valence electrons. The smallest absolute Gasteiger partial charge is 0.244 e. The van der Waals surface area contributed by atoms with E-state index in [1.54, 1.807) is 24.3 Å². The van der Waals surface area contributed by atoms with Crippen molar-refractivity contribution in [1.29, 1.82) is 0 Å². The number of nitrogens with one attached hydrogen (secondary N) is 1. The average Bonchev–Trinajstić information content (AvgIpc) is 2.36. The SMILES string of the molecule is C=CCNC(=O)/C=C\c1ccc(OC(C)C)c(N)c1. The summed E-state index contributed by atoms with van der Waals surface area (Å²) in [7, 11) is 0. The fourth-order valence-electron chi connectivity index (χ4n) is 1.44. The summed E-state index contributed by atoms with van der Waals surface area (Å²) >= 11 is 0. The Morgan fingerprint density at radius 2 is 2.26 bits per heavy atom. The minimum Gasteiger partial charge on any atom is -0.489 e. The van der Waals surface area contributed by atoms with Crippen molar-refractivity contribution in [2.75, 3.05) is 12.3 Å². The van der Waals surface area contributed by atoms with Gasteiger partial charge in [-0.3, -0.25) is 4.79 Å². The van der Waals surface area contributed by atoms with Gasteiger partial charge in [0.25, 0.3) is 0 Å². The van der Waals surface area contributed by atoms with Gasteiger partial charge in [0.15, 0.2) is 0 Å². The molecule has 0 aromatic heterocycles. The molecule has 0 bridgehead atoms. The molecule has 0 atom stereocenters. The molecule has 0 heterocycles. The lowest BCUT2D eigenvalue weighted by atomic mass is 10.1. The van der Waals surface area contributed by atoms with Crippen LogP contribution >= 0.6 is 0 Å². The van der Waals surface area contributed by atoms with E-state index in [1.165, 1.54) is 6.08 Å². The third-order valence-corrected chi connectivity index (χ3v) is 2.24. The van der Waals surface area contributed by atoms with Crippen LogP contribution in [0.4, 0.5) is 5.69 Å². The number of hydrogen-bond acceptors (Lipinski definition) is 3. The van der Waals surface area contributed by atoms with Crippen LogP contribution in [0.15, 0.2) is 36.9 Å². The van der Waals surface area contributed by atoms with Gasteiger partial charge in [-0.15, -0.1) is 6.58 Å². The quantitative estimate of drug-likeness (QED) is 0.469. The van der Waals surface area contributed by atoms with Gasteiger partial charge in [0.05, 0.1) is 11.8 Å². The van der Waals surface area contributed by atoms with Gasteiger partial charge in [-0.2, -0.15) is 0 Å². The summed E-state index contributed by atoms with van der Waals surface area (Å²) in [5, 5.41) is 2.65. The summed E-state index contributed by atoms with van der Waals surface area (Å²) in [6.45, 7) is 7.86. The van der Waals surface area contributed by atoms with Crippen molar-refractivity contribution in [2.45, 2.75) is 20.0 Å². The van der Waals surface area contributed by atoms with Crippen molar-refractivity contribution >= 4 is 17.7 Å². The molecule has 0 aliphatic carbocycles. The molecule has 0 spiro atoms. The topological polar surface area (TPSA) is 64.3 Å². The summed E-state index contributed by atoms with van der Waals surface area (Å²) in [5.41, 5.74) is 7.29. The van der Waals surface area contributed by atoms with Gasteiger partial charge in [-0.25, -0.2) is 0 Å². The molecule has 1 aromatic rings. The highest BCUT2D eigenvalue weighted by molar-refractivity contribution is 5.91. The highest BCUT2D eigenvalue weighted by Crippen LogP contribution is 2.24. The van der Waals surface area contributed by atoms with Gasteiger partial charge in [-0.05, 0) is 37.6 Å². The molecule has 4 heteroatoms. The number of benzene rings is 1. The molecule has 0 radical (unpaired) electrons. The van der Waals surface area contributed by atoms with Crippen LogP contribution in [-0.4, -0.2) is 18.6 Å². The standard InChI is InChI=1S/C15H20N2O2/c1-4-9-17-15(18)8-6-12-5-7-14(13(16)10-12)19-11(2)3/h4-8,10-11H,1,9,16H2,2-3H3,(H,17,18)/b8-6-. The lowest BCUT2D eigenvalue weighted by Crippen LogP contribution is -2.20. The van der Waals surface area contributed by atoms with Crippen LogP contribution in [0.2, 0.25) is 0 Å². The normalized spacial score (nSPS) is 10.7. The second-order valence-electron chi connectivity index (χ2n) is 4.33. The molecule has 1 amide bonds. The van der Waals surface area contributed by atoms with Crippen molar-refractivity contribution in [1.82, 2.24) is 5.32 Å². The van der Waals surface area contributed by atoms with Gasteiger partial charge in [0, 0.05) is 12.6 Å². The lowest BCUT2D eigenvalue weighted by molar-refractivity contribution is -0.116. The molecule has 4 nitrogen and oxygen atoms in total. The number of amides is 1. The minimum atomic E-state index is -0.166. The zero-order chi connectivity index (χ0) is 14.3. The molecule has 3 N–H and O–H groups in total. The summed E-state index contributed by atoms with van der Waals surface area (Å²) < 4.78 is 5.54. The molecular formula is C15H20N2O2. The Hall–Kier alpha value is -2.23. The minimum absolute atomic E-state index is 0.0772. The monoisotopic (exact) mass is 260 g/mol. The first-order valence-corrected chi connectivity index (χ1v) is 6.16. The van der Waals surface area contributed by atoms with Crippen LogP contribution in [0, 0.1) is 0 Å². The molecule has 0 fully saturated rings. The van der Waals surface area contributed by atoms with E-state index in [4.69, 9.17) is 10.5 Å². The number of carbonyl (C=O) groups excluding carboxylic acids is 1. The van der Waals surface area contributed by atoms with Crippen LogP contribution in [0.3, 0.4) is 0 Å². The molecule has 0 saturated carbocycles. The largest absolute Gasteiger partial charge is 0.489 e. The maximum atomic E-state index is 11.4. The van der Waals surface area contributed by atoms with Crippen molar-refractivity contribution < 1.29 is 9.53 Å². The van der Waals surface area contributed by atoms with E-state index in [1.807, 2.05) is 19.9 Å². The van der Waals surface area contributed by atoms with Crippen LogP contribution in [0.5, 0.6) is 5.75 Å². The zero-order valence-electron chi connectivity index (χ0n) is 11.3. The van der Waals surface area contributed by atoms with Crippen molar-refractivity contribution in [3.63, 3.8) is 0 Å². The maximum Gasteiger partial charge on any atom is 0.244 e. The van der Waals surface area contributed by atoms with Crippen LogP contribution in [-0.2, 0) is 4.79 Å². The first-order chi connectivity index (χ1) is 9.02. The average molecular weight is 260 g/mol. The van der Waals surface area contributed by atoms with E-state index in [0.29, 0.717) is 18.0 Å². The predicted molar refractivity (Wildman–Crippen MR) is 78.9 cm³/mol. The lowest BCUT2D eigenvalue weighted by Gasteiger charge is -2.12. The van der Waals surface area contributed by atoms with E-state index in [2.05, 4.69) is 11.9 Å². The Bertz CT molecular complexity index is 479. The van der Waals surface area contributed by atoms with Gasteiger partial charge >= 0.3 is 0 Å². The second-order valence-corrected chi connectivity index (χ2v) is 4.33. The van der Waals surface area contributed by atoms with E-state index < -0.39 is 0 Å². The Morgan fingerprint density at radius 3 is 2.84 bits per heavy atom. The number of carbonyl (C=O) groups is 1. The highest BCUT2D eigenvalue weighted by Gasteiger charge is 2.03. The molecule has 0 saturated heterocycles. The fourth-order valence-corrected chi connectivity index (χ4v) is 1.44. The molecule has 0 unspecified atom stereocenters. The number of anilines is 1. The zero-order valence-corrected chi connectivity index (χ0v) is 11.3. The van der Waals surface area contributed by atoms with Gasteiger partial charge in [0.1, 0.15) is 5.75 Å². The van der Waals surface area contributed by atoms with Crippen molar-refractivity contribution in [2.24, 2.45) is 0 Å². The molecule has 0 aliphatic rings. The molecular weight excluding hydrogens is 240 g/mol. The molecule has 1 rings (SSSR count). The van der Waals surface area contributed by atoms with Crippen LogP contribution in [0.25, 0.3) is 6.08 Å². The van der Waals surface area contributed by atoms with E-state index in [0.717, 1.165) is 5.56 Å². The summed E-state index contributed by atoms with van der Waals surface area (Å²) in [5.74, 6) is 0.490. The van der Waals surface area contributed by atoms with Gasteiger partial charge in [-0.1, -0.05) is 12.1 Å². The molecule has 19 heavy (non-hydrogen) atoms. The van der Waals surface area contributed by atoms with Crippen LogP contribution < -0.4 is 15.8 Å². The molecule has 0 aliphatic heterocycles. The third kappa shape index (κ3) is 5.29. The summed E-state index contributed by atoms with van der Waals surface area (Å²) in [4.78, 5) is 11.4. The van der Waals surface area contributed by atoms with E-state index >= 15 is 0 Å². The maximum absolute atomic E-state index is 11.4. The highest BCUT2D eigenvalue weighted by atomic mass is 16.5. The first kappa shape index (κ1) is 14.8. The Labute approximate surface area is 114 Å². The van der Waals surface area contributed by atoms with Crippen molar-refractivity contribution in [3.05, 3.63) is 42.5 Å². The summed E-state index contributed by atoms with van der Waals surface area (Å²) in [6, 6.07) is 5.43.